The average Bonchev–Trinajstić information content (AvgIpc) is 3.47. The first-order valence-corrected chi connectivity index (χ1v) is 12.9. The van der Waals surface area contributed by atoms with Gasteiger partial charge in [-0.05, 0) is 49.1 Å². The Morgan fingerprint density at radius 3 is 2.50 bits per heavy atom. The molecule has 0 aliphatic carbocycles. The molecule has 0 saturated carbocycles. The van der Waals surface area contributed by atoms with Gasteiger partial charge in [0.05, 0.1) is 11.8 Å². The van der Waals surface area contributed by atoms with Crippen LogP contribution in [-0.4, -0.2) is 33.0 Å². The molecular weight excluding hydrogens is 468 g/mol. The van der Waals surface area contributed by atoms with Crippen LogP contribution in [0.15, 0.2) is 82.9 Å². The lowest BCUT2D eigenvalue weighted by atomic mass is 9.98. The fourth-order valence-corrected chi connectivity index (χ4v) is 5.46. The van der Waals surface area contributed by atoms with Crippen molar-refractivity contribution in [1.82, 2.24) is 5.01 Å². The predicted octanol–water partition coefficient (Wildman–Crippen LogP) is 5.79. The van der Waals surface area contributed by atoms with Gasteiger partial charge in [-0.25, -0.2) is 5.01 Å². The lowest BCUT2D eigenvalue weighted by Crippen LogP contribution is -2.25. The van der Waals surface area contributed by atoms with Gasteiger partial charge < -0.3 is 5.32 Å². The number of carbonyl (C=O) groups excluding carboxylic acids is 2. The van der Waals surface area contributed by atoms with Gasteiger partial charge in [-0.2, -0.15) is 10.1 Å². The second-order valence-corrected chi connectivity index (χ2v) is 10.4. The van der Waals surface area contributed by atoms with Crippen molar-refractivity contribution in [1.29, 1.82) is 0 Å². The topological polar surface area (TPSA) is 74.1 Å². The molecular formula is C29H28N4O2S. The Hall–Kier alpha value is -3.71. The molecule has 6 nitrogen and oxygen atoms in total. The highest BCUT2D eigenvalue weighted by molar-refractivity contribution is 8.15. The Labute approximate surface area is 215 Å². The van der Waals surface area contributed by atoms with Gasteiger partial charge in [-0.1, -0.05) is 84.1 Å². The predicted molar refractivity (Wildman–Crippen MR) is 146 cm³/mol. The number of benzene rings is 3. The van der Waals surface area contributed by atoms with Crippen LogP contribution in [0, 0.1) is 20.8 Å². The first-order valence-electron chi connectivity index (χ1n) is 12.0. The van der Waals surface area contributed by atoms with Crippen molar-refractivity contribution >= 4 is 40.1 Å². The Kier molecular flexibility index (Phi) is 6.74. The number of thioether (sulfide) groups is 1. The number of nitrogens with one attached hydrogen (secondary N) is 1. The standard InChI is InChI=1S/C29H28N4O2S/c1-18-12-14-21(15-13-18)24-16-25(22-9-5-4-6-10-22)33(32-24)29-31-28(35)26(36-29)17-27(34)30-23-11-7-8-19(2)20(23)3/h4-15,25-26H,16-17H2,1-3H3,(H,30,34)/t25-,26+/m0/s1. The fraction of sp³-hybridized carbons (Fsp3) is 0.241. The molecule has 0 bridgehead atoms. The second kappa shape index (κ2) is 10.1. The van der Waals surface area contributed by atoms with Gasteiger partial charge in [0.15, 0.2) is 5.17 Å². The summed E-state index contributed by atoms with van der Waals surface area (Å²) < 4.78 is 0. The summed E-state index contributed by atoms with van der Waals surface area (Å²) in [5, 5.41) is 9.69. The first-order chi connectivity index (χ1) is 17.4. The molecule has 0 radical (unpaired) electrons. The van der Waals surface area contributed by atoms with Crippen molar-refractivity contribution in [3.05, 3.63) is 101 Å². The molecule has 0 fully saturated rings. The van der Waals surface area contributed by atoms with Crippen LogP contribution in [0.5, 0.6) is 0 Å². The normalized spacial score (nSPS) is 19.3. The summed E-state index contributed by atoms with van der Waals surface area (Å²) in [5.41, 5.74) is 7.21. The monoisotopic (exact) mass is 496 g/mol. The van der Waals surface area contributed by atoms with E-state index in [1.54, 1.807) is 0 Å². The first kappa shape index (κ1) is 24.0. The van der Waals surface area contributed by atoms with E-state index in [4.69, 9.17) is 5.10 Å². The lowest BCUT2D eigenvalue weighted by molar-refractivity contribution is -0.121. The lowest BCUT2D eigenvalue weighted by Gasteiger charge is -2.23. The SMILES string of the molecule is Cc1ccc(C2=NN(C3=NC(=O)[C@@H](CC(=O)Nc4cccc(C)c4C)S3)[C@H](c3ccccc3)C2)cc1. The summed E-state index contributed by atoms with van der Waals surface area (Å²) in [5.74, 6) is -0.493. The number of aryl methyl sites for hydroxylation is 2. The van der Waals surface area contributed by atoms with Crippen LogP contribution in [0.4, 0.5) is 5.69 Å². The quantitative estimate of drug-likeness (QED) is 0.485. The van der Waals surface area contributed by atoms with Crippen LogP contribution >= 0.6 is 11.8 Å². The number of anilines is 1. The summed E-state index contributed by atoms with van der Waals surface area (Å²) in [6.45, 7) is 6.04. The van der Waals surface area contributed by atoms with E-state index >= 15 is 0 Å². The van der Waals surface area contributed by atoms with Crippen LogP contribution in [0.1, 0.15) is 46.7 Å². The summed E-state index contributed by atoms with van der Waals surface area (Å²) in [7, 11) is 0. The molecule has 3 aromatic rings. The molecule has 36 heavy (non-hydrogen) atoms. The van der Waals surface area contributed by atoms with E-state index in [-0.39, 0.29) is 24.3 Å². The van der Waals surface area contributed by atoms with Crippen LogP contribution in [-0.2, 0) is 9.59 Å². The summed E-state index contributed by atoms with van der Waals surface area (Å²) >= 11 is 1.32. The highest BCUT2D eigenvalue weighted by atomic mass is 32.2. The third kappa shape index (κ3) is 4.97. The van der Waals surface area contributed by atoms with E-state index in [9.17, 15) is 9.59 Å². The van der Waals surface area contributed by atoms with Crippen LogP contribution < -0.4 is 5.32 Å². The number of aliphatic imine (C=N–C) groups is 1. The molecule has 2 aliphatic rings. The molecule has 7 heteroatoms. The maximum atomic E-state index is 12.8. The third-order valence-electron chi connectivity index (χ3n) is 6.65. The molecule has 2 heterocycles. The van der Waals surface area contributed by atoms with Gasteiger partial charge in [0, 0.05) is 18.5 Å². The molecule has 0 spiro atoms. The van der Waals surface area contributed by atoms with E-state index in [1.165, 1.54) is 17.3 Å². The van der Waals surface area contributed by atoms with Crippen molar-refractivity contribution in [2.75, 3.05) is 5.32 Å². The fourth-order valence-electron chi connectivity index (χ4n) is 4.40. The zero-order chi connectivity index (χ0) is 25.2. The number of amides is 2. The maximum absolute atomic E-state index is 12.8. The number of hydrazone groups is 1. The molecule has 0 saturated heterocycles. The van der Waals surface area contributed by atoms with E-state index in [1.807, 2.05) is 55.3 Å². The van der Waals surface area contributed by atoms with Crippen LogP contribution in [0.25, 0.3) is 0 Å². The zero-order valence-electron chi connectivity index (χ0n) is 20.6. The van der Waals surface area contributed by atoms with Crippen molar-refractivity contribution in [3.8, 4) is 0 Å². The minimum Gasteiger partial charge on any atom is -0.326 e. The zero-order valence-corrected chi connectivity index (χ0v) is 21.4. The van der Waals surface area contributed by atoms with Gasteiger partial charge in [-0.15, -0.1) is 0 Å². The molecule has 182 valence electrons. The molecule has 2 aliphatic heterocycles. The number of carbonyl (C=O) groups is 2. The molecule has 1 N–H and O–H groups in total. The van der Waals surface area contributed by atoms with Gasteiger partial charge in [0.25, 0.3) is 5.91 Å². The molecule has 0 aromatic heterocycles. The molecule has 5 rings (SSSR count). The van der Waals surface area contributed by atoms with Crippen LogP contribution in [0.2, 0.25) is 0 Å². The van der Waals surface area contributed by atoms with Crippen molar-refractivity contribution < 1.29 is 9.59 Å². The Morgan fingerprint density at radius 2 is 1.75 bits per heavy atom. The van der Waals surface area contributed by atoms with E-state index < -0.39 is 5.25 Å². The summed E-state index contributed by atoms with van der Waals surface area (Å²) in [6.07, 6.45) is 0.765. The number of rotatable bonds is 5. The minimum atomic E-state index is -0.569. The van der Waals surface area contributed by atoms with E-state index in [0.717, 1.165) is 33.7 Å². The Balaban J connectivity index is 1.34. The number of hydrogen-bond acceptors (Lipinski definition) is 5. The molecule has 0 unspecified atom stereocenters. The van der Waals surface area contributed by atoms with E-state index in [2.05, 4.69) is 53.6 Å². The number of hydrogen-bond donors (Lipinski definition) is 1. The van der Waals surface area contributed by atoms with Crippen molar-refractivity contribution in [2.45, 2.75) is 44.9 Å². The maximum Gasteiger partial charge on any atom is 0.262 e. The van der Waals surface area contributed by atoms with Crippen LogP contribution in [0.3, 0.4) is 0 Å². The largest absolute Gasteiger partial charge is 0.326 e. The second-order valence-electron chi connectivity index (χ2n) is 9.23. The van der Waals surface area contributed by atoms with Gasteiger partial charge >= 0.3 is 0 Å². The minimum absolute atomic E-state index is 0.0578. The van der Waals surface area contributed by atoms with Gasteiger partial charge in [-0.3, -0.25) is 9.59 Å². The summed E-state index contributed by atoms with van der Waals surface area (Å²) in [6, 6.07) is 24.2. The Bertz CT molecular complexity index is 1370. The van der Waals surface area contributed by atoms with Crippen molar-refractivity contribution in [2.24, 2.45) is 10.1 Å². The Morgan fingerprint density at radius 1 is 1.00 bits per heavy atom. The third-order valence-corrected chi connectivity index (χ3v) is 7.80. The highest BCUT2D eigenvalue weighted by Gasteiger charge is 2.39. The smallest absolute Gasteiger partial charge is 0.262 e. The number of nitrogens with zero attached hydrogens (tertiary/aromatic N) is 3. The average molecular weight is 497 g/mol. The van der Waals surface area contributed by atoms with Gasteiger partial charge in [0.2, 0.25) is 5.91 Å². The van der Waals surface area contributed by atoms with E-state index in [0.29, 0.717) is 11.6 Å². The molecule has 2 amide bonds. The molecule has 2 atom stereocenters. The highest BCUT2D eigenvalue weighted by Crippen LogP contribution is 2.38. The molecule has 3 aromatic carbocycles. The number of amidine groups is 1. The summed E-state index contributed by atoms with van der Waals surface area (Å²) in [4.78, 5) is 29.9. The van der Waals surface area contributed by atoms with Crippen molar-refractivity contribution in [3.63, 3.8) is 0 Å². The van der Waals surface area contributed by atoms with Gasteiger partial charge in [0.1, 0.15) is 5.25 Å².